The topological polar surface area (TPSA) is 119 Å². The maximum Gasteiger partial charge on any atom is 0.268 e. The molecule has 31 heavy (non-hydrogen) atoms. The molecule has 156 valence electrons. The SMILES string of the molecule is CCOc1cc(CNC(=O)c2cc3ccc(-c4cn[nH]c4C)nc3[nH]2)c(F)cc1C#N. The molecular weight excluding hydrogens is 399 g/mol. The number of aryl methyl sites for hydroxylation is 1. The lowest BCUT2D eigenvalue weighted by atomic mass is 10.1. The first-order valence-electron chi connectivity index (χ1n) is 9.63. The van der Waals surface area contributed by atoms with Gasteiger partial charge in [0.2, 0.25) is 0 Å². The third kappa shape index (κ3) is 3.96. The van der Waals surface area contributed by atoms with Gasteiger partial charge in [-0.05, 0) is 44.2 Å². The highest BCUT2D eigenvalue weighted by Crippen LogP contribution is 2.24. The van der Waals surface area contributed by atoms with E-state index in [1.54, 1.807) is 19.2 Å². The second-order valence-corrected chi connectivity index (χ2v) is 6.89. The van der Waals surface area contributed by atoms with Crippen molar-refractivity contribution < 1.29 is 13.9 Å². The molecule has 0 atom stereocenters. The number of hydrogen-bond acceptors (Lipinski definition) is 5. The van der Waals surface area contributed by atoms with Crippen LogP contribution in [0.2, 0.25) is 0 Å². The Labute approximate surface area is 177 Å². The second-order valence-electron chi connectivity index (χ2n) is 6.89. The number of ether oxygens (including phenoxy) is 1. The molecule has 8 nitrogen and oxygen atoms in total. The molecule has 1 amide bonds. The number of H-pyrrole nitrogens is 2. The average molecular weight is 418 g/mol. The lowest BCUT2D eigenvalue weighted by molar-refractivity contribution is 0.0946. The molecule has 0 radical (unpaired) electrons. The van der Waals surface area contributed by atoms with Gasteiger partial charge < -0.3 is 15.0 Å². The van der Waals surface area contributed by atoms with E-state index in [-0.39, 0.29) is 23.4 Å². The Hall–Kier alpha value is -4.19. The van der Waals surface area contributed by atoms with Crippen LogP contribution >= 0.6 is 0 Å². The summed E-state index contributed by atoms with van der Waals surface area (Å²) in [5.74, 6) is -0.702. The number of amides is 1. The van der Waals surface area contributed by atoms with Crippen molar-refractivity contribution in [2.45, 2.75) is 20.4 Å². The first-order valence-corrected chi connectivity index (χ1v) is 9.63. The minimum absolute atomic E-state index is 0.0568. The van der Waals surface area contributed by atoms with Crippen LogP contribution in [0.3, 0.4) is 0 Å². The van der Waals surface area contributed by atoms with Crippen LogP contribution < -0.4 is 10.1 Å². The number of fused-ring (bicyclic) bond motifs is 1. The van der Waals surface area contributed by atoms with Crippen LogP contribution in [-0.4, -0.2) is 32.7 Å². The Morgan fingerprint density at radius 2 is 2.16 bits per heavy atom. The summed E-state index contributed by atoms with van der Waals surface area (Å²) in [4.78, 5) is 20.2. The van der Waals surface area contributed by atoms with Crippen molar-refractivity contribution >= 4 is 16.9 Å². The molecule has 3 aromatic heterocycles. The van der Waals surface area contributed by atoms with Gasteiger partial charge >= 0.3 is 0 Å². The third-order valence-electron chi connectivity index (χ3n) is 4.84. The van der Waals surface area contributed by atoms with E-state index in [9.17, 15) is 9.18 Å². The van der Waals surface area contributed by atoms with Crippen LogP contribution in [-0.2, 0) is 6.54 Å². The summed E-state index contributed by atoms with van der Waals surface area (Å²) in [6, 6.07) is 9.86. The zero-order chi connectivity index (χ0) is 22.0. The van der Waals surface area contributed by atoms with Crippen molar-refractivity contribution in [1.82, 2.24) is 25.5 Å². The number of nitrogens with one attached hydrogen (secondary N) is 3. The van der Waals surface area contributed by atoms with Crippen LogP contribution in [0.1, 0.15) is 34.2 Å². The van der Waals surface area contributed by atoms with Crippen LogP contribution in [0, 0.1) is 24.1 Å². The van der Waals surface area contributed by atoms with Gasteiger partial charge in [-0.3, -0.25) is 9.89 Å². The van der Waals surface area contributed by atoms with Crippen LogP contribution in [0.25, 0.3) is 22.3 Å². The maximum absolute atomic E-state index is 14.3. The number of rotatable bonds is 6. The van der Waals surface area contributed by atoms with Crippen LogP contribution in [0.4, 0.5) is 4.39 Å². The van der Waals surface area contributed by atoms with E-state index in [0.29, 0.717) is 17.9 Å². The molecule has 4 rings (SSSR count). The number of aromatic nitrogens is 4. The Kier molecular flexibility index (Phi) is 5.37. The zero-order valence-electron chi connectivity index (χ0n) is 16.9. The van der Waals surface area contributed by atoms with Crippen LogP contribution in [0.15, 0.2) is 36.5 Å². The third-order valence-corrected chi connectivity index (χ3v) is 4.84. The van der Waals surface area contributed by atoms with Gasteiger partial charge in [-0.2, -0.15) is 10.4 Å². The molecule has 0 aliphatic rings. The van der Waals surface area contributed by atoms with Crippen molar-refractivity contribution in [3.8, 4) is 23.1 Å². The number of carbonyl (C=O) groups is 1. The standard InChI is InChI=1S/C22H19FN6O2/c1-3-31-20-8-15(17(23)6-14(20)9-24)10-25-22(30)19-7-13-4-5-18(27-21(13)28-19)16-11-26-29-12(16)2/h4-8,11H,3,10H2,1-2H3,(H,25,30)(H,26,29)(H,27,28). The van der Waals surface area contributed by atoms with E-state index in [4.69, 9.17) is 10.00 Å². The van der Waals surface area contributed by atoms with Gasteiger partial charge in [0.05, 0.1) is 24.1 Å². The van der Waals surface area contributed by atoms with Crippen LogP contribution in [0.5, 0.6) is 5.75 Å². The summed E-state index contributed by atoms with van der Waals surface area (Å²) >= 11 is 0. The number of hydrogen-bond donors (Lipinski definition) is 3. The fourth-order valence-corrected chi connectivity index (χ4v) is 3.25. The van der Waals surface area contributed by atoms with Crippen molar-refractivity contribution in [3.05, 3.63) is 64.9 Å². The number of nitriles is 1. The normalized spacial score (nSPS) is 10.8. The average Bonchev–Trinajstić information content (AvgIpc) is 3.39. The van der Waals surface area contributed by atoms with Gasteiger partial charge in [0.15, 0.2) is 0 Å². The molecule has 4 aromatic rings. The number of nitrogens with zero attached hydrogens (tertiary/aromatic N) is 3. The molecule has 0 bridgehead atoms. The predicted octanol–water partition coefficient (Wildman–Crippen LogP) is 3.60. The number of benzene rings is 1. The van der Waals surface area contributed by atoms with E-state index in [1.165, 1.54) is 6.07 Å². The zero-order valence-corrected chi connectivity index (χ0v) is 16.9. The van der Waals surface area contributed by atoms with Gasteiger partial charge in [-0.15, -0.1) is 0 Å². The number of aromatic amines is 2. The molecule has 0 saturated carbocycles. The Balaban J connectivity index is 1.53. The fourth-order valence-electron chi connectivity index (χ4n) is 3.25. The van der Waals surface area contributed by atoms with Gasteiger partial charge in [-0.25, -0.2) is 9.37 Å². The molecule has 0 saturated heterocycles. The highest BCUT2D eigenvalue weighted by Gasteiger charge is 2.15. The largest absolute Gasteiger partial charge is 0.492 e. The molecule has 0 aliphatic heterocycles. The Bertz CT molecular complexity index is 1320. The lowest BCUT2D eigenvalue weighted by Gasteiger charge is -2.10. The Morgan fingerprint density at radius 1 is 1.32 bits per heavy atom. The predicted molar refractivity (Wildman–Crippen MR) is 112 cm³/mol. The summed E-state index contributed by atoms with van der Waals surface area (Å²) in [5, 5.41) is 19.4. The molecule has 0 spiro atoms. The summed E-state index contributed by atoms with van der Waals surface area (Å²) in [7, 11) is 0. The fraction of sp³-hybridized carbons (Fsp3) is 0.182. The molecule has 3 heterocycles. The lowest BCUT2D eigenvalue weighted by Crippen LogP contribution is -2.23. The molecule has 0 aliphatic carbocycles. The van der Waals surface area contributed by atoms with E-state index in [0.717, 1.165) is 28.4 Å². The summed E-state index contributed by atoms with van der Waals surface area (Å²) in [5.41, 5.74) is 3.71. The van der Waals surface area contributed by atoms with Gasteiger partial charge in [-0.1, -0.05) is 0 Å². The molecule has 3 N–H and O–H groups in total. The maximum atomic E-state index is 14.3. The molecule has 1 aromatic carbocycles. The quantitative estimate of drug-likeness (QED) is 0.442. The first kappa shape index (κ1) is 20.1. The van der Waals surface area contributed by atoms with E-state index in [2.05, 4.69) is 25.5 Å². The molecular formula is C22H19FN6O2. The van der Waals surface area contributed by atoms with Gasteiger partial charge in [0.1, 0.15) is 29.0 Å². The van der Waals surface area contributed by atoms with E-state index in [1.807, 2.05) is 25.1 Å². The molecule has 0 fully saturated rings. The summed E-state index contributed by atoms with van der Waals surface area (Å²) < 4.78 is 19.7. The van der Waals surface area contributed by atoms with Gasteiger partial charge in [0.25, 0.3) is 5.91 Å². The molecule has 0 unspecified atom stereocenters. The number of pyridine rings is 1. The summed E-state index contributed by atoms with van der Waals surface area (Å²) in [6.45, 7) is 3.96. The van der Waals surface area contributed by atoms with Gasteiger partial charge in [0, 0.05) is 28.8 Å². The minimum Gasteiger partial charge on any atom is -0.492 e. The molecule has 9 heteroatoms. The highest BCUT2D eigenvalue weighted by molar-refractivity contribution is 5.97. The van der Waals surface area contributed by atoms with E-state index < -0.39 is 11.7 Å². The monoisotopic (exact) mass is 418 g/mol. The minimum atomic E-state index is -0.584. The van der Waals surface area contributed by atoms with Crippen molar-refractivity contribution in [3.63, 3.8) is 0 Å². The summed E-state index contributed by atoms with van der Waals surface area (Å²) in [6.07, 6.45) is 1.70. The number of carbonyl (C=O) groups excluding carboxylic acids is 1. The second kappa shape index (κ2) is 8.28. The Morgan fingerprint density at radius 3 is 2.87 bits per heavy atom. The van der Waals surface area contributed by atoms with Crippen molar-refractivity contribution in [2.75, 3.05) is 6.61 Å². The first-order chi connectivity index (χ1) is 15.0. The van der Waals surface area contributed by atoms with Crippen molar-refractivity contribution in [1.29, 1.82) is 5.26 Å². The smallest absolute Gasteiger partial charge is 0.268 e. The number of halogens is 1. The highest BCUT2D eigenvalue weighted by atomic mass is 19.1. The van der Waals surface area contributed by atoms with Crippen molar-refractivity contribution in [2.24, 2.45) is 0 Å². The van der Waals surface area contributed by atoms with E-state index >= 15 is 0 Å².